The Labute approximate surface area is 118 Å². The molecule has 4 heteroatoms. The second-order valence-electron chi connectivity index (χ2n) is 6.35. The van der Waals surface area contributed by atoms with Gasteiger partial charge in [0.15, 0.2) is 5.58 Å². The van der Waals surface area contributed by atoms with Crippen LogP contribution in [0.5, 0.6) is 0 Å². The van der Waals surface area contributed by atoms with Crippen LogP contribution < -0.4 is 11.5 Å². The first-order valence-electron chi connectivity index (χ1n) is 7.36. The molecule has 1 aliphatic carbocycles. The summed E-state index contributed by atoms with van der Waals surface area (Å²) in [5, 5.41) is 0. The van der Waals surface area contributed by atoms with Crippen molar-refractivity contribution in [3.63, 3.8) is 0 Å². The van der Waals surface area contributed by atoms with Gasteiger partial charge in [0.05, 0.1) is 5.52 Å². The molecule has 2 N–H and O–H groups in total. The Morgan fingerprint density at radius 1 is 1.30 bits per heavy atom. The predicted molar refractivity (Wildman–Crippen MR) is 79.6 cm³/mol. The topological polar surface area (TPSA) is 61.2 Å². The minimum Gasteiger partial charge on any atom is -0.408 e. The van der Waals surface area contributed by atoms with E-state index in [2.05, 4.69) is 6.92 Å². The summed E-state index contributed by atoms with van der Waals surface area (Å²) in [5.74, 6) is -0.324. The van der Waals surface area contributed by atoms with Crippen LogP contribution in [-0.4, -0.2) is 4.57 Å². The minimum absolute atomic E-state index is 0.00212. The second kappa shape index (κ2) is 4.77. The summed E-state index contributed by atoms with van der Waals surface area (Å²) in [7, 11) is 1.72. The molecule has 0 aliphatic heterocycles. The van der Waals surface area contributed by atoms with Gasteiger partial charge in [0.25, 0.3) is 0 Å². The van der Waals surface area contributed by atoms with Crippen LogP contribution in [0.15, 0.2) is 27.4 Å². The van der Waals surface area contributed by atoms with E-state index in [0.717, 1.165) is 11.1 Å². The first kappa shape index (κ1) is 13.4. The molecule has 4 nitrogen and oxygen atoms in total. The maximum Gasteiger partial charge on any atom is 0.419 e. The first-order valence-corrected chi connectivity index (χ1v) is 7.36. The first-order chi connectivity index (χ1) is 9.51. The number of hydrogen-bond donors (Lipinski definition) is 1. The number of nitrogens with zero attached hydrogens (tertiary/aromatic N) is 1. The highest BCUT2D eigenvalue weighted by atomic mass is 16.4. The van der Waals surface area contributed by atoms with E-state index in [1.54, 1.807) is 7.05 Å². The van der Waals surface area contributed by atoms with E-state index in [9.17, 15) is 4.79 Å². The highest BCUT2D eigenvalue weighted by Gasteiger charge is 2.34. The van der Waals surface area contributed by atoms with Gasteiger partial charge >= 0.3 is 5.76 Å². The summed E-state index contributed by atoms with van der Waals surface area (Å²) < 4.78 is 6.78. The smallest absolute Gasteiger partial charge is 0.408 e. The lowest BCUT2D eigenvalue weighted by Gasteiger charge is -2.39. The number of benzene rings is 1. The molecule has 1 atom stereocenters. The average molecular weight is 274 g/mol. The molecule has 0 bridgehead atoms. The Bertz CT molecular complexity index is 677. The zero-order valence-corrected chi connectivity index (χ0v) is 12.2. The van der Waals surface area contributed by atoms with Crippen LogP contribution in [0.1, 0.15) is 50.6 Å². The van der Waals surface area contributed by atoms with Crippen LogP contribution in [0, 0.1) is 5.41 Å². The molecule has 1 aromatic heterocycles. The maximum atomic E-state index is 11.5. The van der Waals surface area contributed by atoms with E-state index in [1.165, 1.54) is 36.7 Å². The number of fused-ring (bicyclic) bond motifs is 1. The van der Waals surface area contributed by atoms with Crippen molar-refractivity contribution in [2.45, 2.75) is 45.1 Å². The van der Waals surface area contributed by atoms with Crippen LogP contribution in [0.25, 0.3) is 11.1 Å². The standard InChI is InChI=1S/C16H22N2O2/c1-16(8-4-3-5-9-16)14(17)11-6-7-12-13(10-11)20-15(19)18(12)2/h6-7,10,14H,3-5,8-9,17H2,1-2H3. The summed E-state index contributed by atoms with van der Waals surface area (Å²) in [6.07, 6.45) is 6.17. The molecule has 1 fully saturated rings. The zero-order chi connectivity index (χ0) is 14.3. The molecule has 20 heavy (non-hydrogen) atoms. The average Bonchev–Trinajstić information content (AvgIpc) is 2.73. The van der Waals surface area contributed by atoms with Gasteiger partial charge in [-0.25, -0.2) is 4.79 Å². The fourth-order valence-corrected chi connectivity index (χ4v) is 3.42. The number of oxazole rings is 1. The van der Waals surface area contributed by atoms with Crippen molar-refractivity contribution in [1.82, 2.24) is 4.57 Å². The Balaban J connectivity index is 1.99. The van der Waals surface area contributed by atoms with E-state index >= 15 is 0 Å². The Morgan fingerprint density at radius 3 is 2.70 bits per heavy atom. The molecular weight excluding hydrogens is 252 g/mol. The van der Waals surface area contributed by atoms with Gasteiger partial charge in [-0.1, -0.05) is 32.3 Å². The Morgan fingerprint density at radius 2 is 2.00 bits per heavy atom. The maximum absolute atomic E-state index is 11.5. The van der Waals surface area contributed by atoms with Gasteiger partial charge in [-0.2, -0.15) is 0 Å². The normalized spacial score (nSPS) is 20.1. The molecule has 0 amide bonds. The van der Waals surface area contributed by atoms with Gasteiger partial charge in [0.1, 0.15) is 0 Å². The Kier molecular flexibility index (Phi) is 3.21. The molecule has 1 unspecified atom stereocenters. The van der Waals surface area contributed by atoms with Crippen LogP contribution in [0.4, 0.5) is 0 Å². The lowest BCUT2D eigenvalue weighted by molar-refractivity contribution is 0.170. The monoisotopic (exact) mass is 274 g/mol. The van der Waals surface area contributed by atoms with Crippen molar-refractivity contribution in [3.8, 4) is 0 Å². The van der Waals surface area contributed by atoms with Crippen molar-refractivity contribution in [1.29, 1.82) is 0 Å². The van der Waals surface area contributed by atoms with Crippen molar-refractivity contribution in [2.75, 3.05) is 0 Å². The molecule has 2 aromatic rings. The molecule has 3 rings (SSSR count). The SMILES string of the molecule is Cn1c(=O)oc2cc(C(N)C3(C)CCCCC3)ccc21. The molecule has 0 saturated heterocycles. The third-order valence-electron chi connectivity index (χ3n) is 4.92. The molecule has 1 aliphatic rings. The van der Waals surface area contributed by atoms with E-state index in [4.69, 9.17) is 10.2 Å². The number of aryl methyl sites for hydroxylation is 1. The molecule has 1 saturated carbocycles. The Hall–Kier alpha value is -1.55. The van der Waals surface area contributed by atoms with E-state index in [1.807, 2.05) is 18.2 Å². The predicted octanol–water partition coefficient (Wildman–Crippen LogP) is 3.10. The summed E-state index contributed by atoms with van der Waals surface area (Å²) in [5.41, 5.74) is 9.18. The summed E-state index contributed by atoms with van der Waals surface area (Å²) >= 11 is 0. The number of nitrogens with two attached hydrogens (primary N) is 1. The lowest BCUT2D eigenvalue weighted by Crippen LogP contribution is -2.33. The summed E-state index contributed by atoms with van der Waals surface area (Å²) in [6, 6.07) is 5.89. The van der Waals surface area contributed by atoms with Crippen LogP contribution in [0.3, 0.4) is 0 Å². The van der Waals surface area contributed by atoms with Crippen LogP contribution in [-0.2, 0) is 7.05 Å². The highest BCUT2D eigenvalue weighted by Crippen LogP contribution is 2.44. The van der Waals surface area contributed by atoms with Gasteiger partial charge in [-0.15, -0.1) is 0 Å². The van der Waals surface area contributed by atoms with Gasteiger partial charge in [0, 0.05) is 13.1 Å². The van der Waals surface area contributed by atoms with Gasteiger partial charge in [-0.3, -0.25) is 4.57 Å². The third-order valence-corrected chi connectivity index (χ3v) is 4.92. The summed E-state index contributed by atoms with van der Waals surface area (Å²) in [4.78, 5) is 11.5. The van der Waals surface area contributed by atoms with Crippen LogP contribution >= 0.6 is 0 Å². The van der Waals surface area contributed by atoms with E-state index < -0.39 is 0 Å². The third kappa shape index (κ3) is 2.08. The number of rotatable bonds is 2. The van der Waals surface area contributed by atoms with Crippen molar-refractivity contribution < 1.29 is 4.42 Å². The molecule has 108 valence electrons. The van der Waals surface area contributed by atoms with E-state index in [-0.39, 0.29) is 17.2 Å². The van der Waals surface area contributed by atoms with Gasteiger partial charge < -0.3 is 10.2 Å². The molecule has 1 aromatic carbocycles. The fourth-order valence-electron chi connectivity index (χ4n) is 3.42. The molecule has 1 heterocycles. The van der Waals surface area contributed by atoms with Crippen molar-refractivity contribution in [2.24, 2.45) is 18.2 Å². The van der Waals surface area contributed by atoms with Gasteiger partial charge in [0.2, 0.25) is 0 Å². The largest absolute Gasteiger partial charge is 0.419 e. The molecule has 0 radical (unpaired) electrons. The van der Waals surface area contributed by atoms with Crippen molar-refractivity contribution in [3.05, 3.63) is 34.3 Å². The summed E-state index contributed by atoms with van der Waals surface area (Å²) in [6.45, 7) is 2.28. The van der Waals surface area contributed by atoms with Crippen LogP contribution in [0.2, 0.25) is 0 Å². The quantitative estimate of drug-likeness (QED) is 0.915. The molecular formula is C16H22N2O2. The minimum atomic E-state index is -0.324. The highest BCUT2D eigenvalue weighted by molar-refractivity contribution is 5.73. The van der Waals surface area contributed by atoms with E-state index in [0.29, 0.717) is 5.58 Å². The molecule has 0 spiro atoms. The number of aromatic nitrogens is 1. The number of hydrogen-bond acceptors (Lipinski definition) is 3. The fraction of sp³-hybridized carbons (Fsp3) is 0.562. The second-order valence-corrected chi connectivity index (χ2v) is 6.35. The van der Waals surface area contributed by atoms with Gasteiger partial charge in [-0.05, 0) is 36.0 Å². The lowest BCUT2D eigenvalue weighted by atomic mass is 9.69. The van der Waals surface area contributed by atoms with Crippen molar-refractivity contribution >= 4 is 11.1 Å². The zero-order valence-electron chi connectivity index (χ0n) is 12.2.